The number of halogens is 1. The molecule has 124 valence electrons. The lowest BCUT2D eigenvalue weighted by molar-refractivity contribution is -0.115. The van der Waals surface area contributed by atoms with E-state index in [-0.39, 0.29) is 11.2 Å². The van der Waals surface area contributed by atoms with Gasteiger partial charge in [0, 0.05) is 22.1 Å². The number of carbonyl (C=O) groups excluding carboxylic acids is 1. The highest BCUT2D eigenvalue weighted by Gasteiger charge is 2.15. The number of amides is 1. The minimum atomic E-state index is -0.187. The summed E-state index contributed by atoms with van der Waals surface area (Å²) in [4.78, 5) is 16.9. The summed E-state index contributed by atoms with van der Waals surface area (Å²) in [5.41, 5.74) is 2.80. The summed E-state index contributed by atoms with van der Waals surface area (Å²) in [6, 6.07) is 9.31. The molecule has 0 saturated carbocycles. The van der Waals surface area contributed by atoms with Crippen LogP contribution in [0.2, 0.25) is 5.02 Å². The number of aromatic nitrogens is 1. The van der Waals surface area contributed by atoms with Crippen molar-refractivity contribution in [3.05, 3.63) is 57.2 Å². The third-order valence-electron chi connectivity index (χ3n) is 3.30. The molecule has 2 aromatic heterocycles. The maximum absolute atomic E-state index is 12.3. The van der Waals surface area contributed by atoms with Crippen LogP contribution in [-0.2, 0) is 10.5 Å². The molecule has 1 amide bonds. The monoisotopic (exact) mass is 394 g/mol. The van der Waals surface area contributed by atoms with Gasteiger partial charge in [0.25, 0.3) is 0 Å². The number of thiazole rings is 1. The van der Waals surface area contributed by atoms with Gasteiger partial charge in [-0.1, -0.05) is 23.7 Å². The van der Waals surface area contributed by atoms with Gasteiger partial charge in [-0.3, -0.25) is 4.79 Å². The van der Waals surface area contributed by atoms with Crippen LogP contribution in [0.5, 0.6) is 0 Å². The largest absolute Gasteiger partial charge is 0.324 e. The van der Waals surface area contributed by atoms with Gasteiger partial charge in [-0.25, -0.2) is 4.98 Å². The van der Waals surface area contributed by atoms with E-state index in [1.165, 1.54) is 0 Å². The maximum Gasteiger partial charge on any atom is 0.237 e. The van der Waals surface area contributed by atoms with Crippen LogP contribution >= 0.6 is 46.0 Å². The number of anilines is 1. The van der Waals surface area contributed by atoms with Gasteiger partial charge in [0.05, 0.1) is 21.7 Å². The molecule has 3 aromatic rings. The summed E-state index contributed by atoms with van der Waals surface area (Å²) in [7, 11) is 0. The number of benzene rings is 1. The molecule has 7 heteroatoms. The third kappa shape index (κ3) is 4.39. The van der Waals surface area contributed by atoms with E-state index in [2.05, 4.69) is 27.1 Å². The van der Waals surface area contributed by atoms with Crippen molar-refractivity contribution >= 4 is 57.6 Å². The second-order valence-corrected chi connectivity index (χ2v) is 8.45. The molecule has 0 aliphatic heterocycles. The molecule has 0 saturated heterocycles. The summed E-state index contributed by atoms with van der Waals surface area (Å²) in [6.45, 7) is 1.89. The van der Waals surface area contributed by atoms with Gasteiger partial charge in [0.15, 0.2) is 0 Å². The zero-order chi connectivity index (χ0) is 16.9. The van der Waals surface area contributed by atoms with Crippen molar-refractivity contribution in [1.82, 2.24) is 4.98 Å². The number of carbonyl (C=O) groups is 1. The molecule has 1 N–H and O–H groups in total. The summed E-state index contributed by atoms with van der Waals surface area (Å²) in [5, 5.41) is 10.4. The van der Waals surface area contributed by atoms with Crippen LogP contribution < -0.4 is 5.32 Å². The zero-order valence-electron chi connectivity index (χ0n) is 12.9. The number of para-hydroxylation sites is 1. The average molecular weight is 395 g/mol. The molecule has 24 heavy (non-hydrogen) atoms. The minimum Gasteiger partial charge on any atom is -0.324 e. The van der Waals surface area contributed by atoms with Gasteiger partial charge >= 0.3 is 0 Å². The van der Waals surface area contributed by atoms with Crippen LogP contribution in [0, 0.1) is 0 Å². The van der Waals surface area contributed by atoms with E-state index in [4.69, 9.17) is 11.6 Å². The van der Waals surface area contributed by atoms with Gasteiger partial charge in [-0.05, 0) is 30.5 Å². The van der Waals surface area contributed by atoms with Crippen LogP contribution in [0.25, 0.3) is 10.6 Å². The Hall–Kier alpha value is -1.34. The molecule has 0 radical (unpaired) electrons. The highest BCUT2D eigenvalue weighted by molar-refractivity contribution is 7.99. The van der Waals surface area contributed by atoms with E-state index in [0.717, 1.165) is 16.3 Å². The first-order valence-electron chi connectivity index (χ1n) is 7.27. The van der Waals surface area contributed by atoms with Crippen molar-refractivity contribution in [3.63, 3.8) is 0 Å². The van der Waals surface area contributed by atoms with E-state index in [1.54, 1.807) is 46.6 Å². The number of hydrogen-bond donors (Lipinski definition) is 1. The predicted molar refractivity (Wildman–Crippen MR) is 106 cm³/mol. The van der Waals surface area contributed by atoms with Gasteiger partial charge in [-0.2, -0.15) is 11.3 Å². The lowest BCUT2D eigenvalue weighted by Crippen LogP contribution is -2.22. The van der Waals surface area contributed by atoms with Crippen molar-refractivity contribution in [3.8, 4) is 10.6 Å². The maximum atomic E-state index is 12.3. The van der Waals surface area contributed by atoms with E-state index in [9.17, 15) is 4.79 Å². The number of hydrogen-bond acceptors (Lipinski definition) is 5. The molecule has 0 spiro atoms. The van der Waals surface area contributed by atoms with Gasteiger partial charge in [0.1, 0.15) is 5.01 Å². The normalized spacial score (nSPS) is 12.1. The highest BCUT2D eigenvalue weighted by atomic mass is 35.5. The summed E-state index contributed by atoms with van der Waals surface area (Å²) < 4.78 is 0. The lowest BCUT2D eigenvalue weighted by atomic mass is 10.3. The Balaban J connectivity index is 1.54. The molecule has 3 rings (SSSR count). The number of thioether (sulfide) groups is 1. The average Bonchev–Trinajstić information content (AvgIpc) is 3.25. The molecule has 3 nitrogen and oxygen atoms in total. The SMILES string of the molecule is CC(SCc1csc(-c2ccsc2)n1)C(=O)Nc1ccccc1Cl. The second kappa shape index (κ2) is 8.16. The number of nitrogens with one attached hydrogen (secondary N) is 1. The van der Waals surface area contributed by atoms with Crippen molar-refractivity contribution in [2.75, 3.05) is 5.32 Å². The van der Waals surface area contributed by atoms with Crippen LogP contribution in [-0.4, -0.2) is 16.1 Å². The fraction of sp³-hybridized carbons (Fsp3) is 0.176. The quantitative estimate of drug-likeness (QED) is 0.575. The Morgan fingerprint density at radius 3 is 2.92 bits per heavy atom. The van der Waals surface area contributed by atoms with Crippen LogP contribution in [0.3, 0.4) is 0 Å². The van der Waals surface area contributed by atoms with E-state index >= 15 is 0 Å². The van der Waals surface area contributed by atoms with E-state index in [0.29, 0.717) is 16.5 Å². The number of rotatable bonds is 6. The second-order valence-electron chi connectivity index (χ2n) is 5.08. The van der Waals surface area contributed by atoms with Gasteiger partial charge in [-0.15, -0.1) is 23.1 Å². The molecule has 1 aromatic carbocycles. The standard InChI is InChI=1S/C17H15ClN2OS3/c1-11(16(21)20-15-5-3-2-4-14(15)18)23-9-13-10-24-17(19-13)12-6-7-22-8-12/h2-8,10-11H,9H2,1H3,(H,20,21). The molecule has 2 heterocycles. The number of thiophene rings is 1. The van der Waals surface area contributed by atoms with Gasteiger partial charge in [0.2, 0.25) is 5.91 Å². The first kappa shape index (κ1) is 17.5. The molecular formula is C17H15ClN2OS3. The fourth-order valence-corrected chi connectivity index (χ4v) is 4.57. The van der Waals surface area contributed by atoms with Crippen LogP contribution in [0.1, 0.15) is 12.6 Å². The molecule has 0 aliphatic rings. The van der Waals surface area contributed by atoms with Crippen molar-refractivity contribution in [1.29, 1.82) is 0 Å². The Bertz CT molecular complexity index is 817. The Morgan fingerprint density at radius 1 is 1.33 bits per heavy atom. The summed E-state index contributed by atoms with van der Waals surface area (Å²) in [6.07, 6.45) is 0. The third-order valence-corrected chi connectivity index (χ3v) is 6.43. The Labute approximate surface area is 158 Å². The first-order valence-corrected chi connectivity index (χ1v) is 10.5. The lowest BCUT2D eigenvalue weighted by Gasteiger charge is -2.12. The predicted octanol–water partition coefficient (Wildman–Crippen LogP) is 5.79. The van der Waals surface area contributed by atoms with E-state index in [1.807, 2.05) is 24.4 Å². The molecule has 1 atom stereocenters. The molecule has 0 aliphatic carbocycles. The molecule has 1 unspecified atom stereocenters. The minimum absolute atomic E-state index is 0.0543. The Morgan fingerprint density at radius 2 is 2.17 bits per heavy atom. The summed E-state index contributed by atoms with van der Waals surface area (Å²) in [5.74, 6) is 0.652. The topological polar surface area (TPSA) is 42.0 Å². The van der Waals surface area contributed by atoms with E-state index < -0.39 is 0 Å². The first-order chi connectivity index (χ1) is 11.6. The zero-order valence-corrected chi connectivity index (χ0v) is 16.1. The molecular weight excluding hydrogens is 380 g/mol. The molecule has 0 bridgehead atoms. The van der Waals surface area contributed by atoms with Crippen molar-refractivity contribution in [2.24, 2.45) is 0 Å². The van der Waals surface area contributed by atoms with Crippen molar-refractivity contribution in [2.45, 2.75) is 17.9 Å². The Kier molecular flexibility index (Phi) is 5.94. The van der Waals surface area contributed by atoms with Crippen LogP contribution in [0.15, 0.2) is 46.5 Å². The van der Waals surface area contributed by atoms with Gasteiger partial charge < -0.3 is 5.32 Å². The highest BCUT2D eigenvalue weighted by Crippen LogP contribution is 2.28. The molecule has 0 fully saturated rings. The smallest absolute Gasteiger partial charge is 0.237 e. The summed E-state index contributed by atoms with van der Waals surface area (Å²) >= 11 is 10.9. The fourth-order valence-electron chi connectivity index (χ4n) is 1.98. The van der Waals surface area contributed by atoms with Crippen molar-refractivity contribution < 1.29 is 4.79 Å². The van der Waals surface area contributed by atoms with Crippen LogP contribution in [0.4, 0.5) is 5.69 Å². The number of nitrogens with zero attached hydrogens (tertiary/aromatic N) is 1.